The summed E-state index contributed by atoms with van der Waals surface area (Å²) >= 11 is 0. The van der Waals surface area contributed by atoms with E-state index in [2.05, 4.69) is 41.8 Å². The Morgan fingerprint density at radius 2 is 1.63 bits per heavy atom. The van der Waals surface area contributed by atoms with Crippen molar-refractivity contribution in [1.82, 2.24) is 10.2 Å². The quantitative estimate of drug-likeness (QED) is 0.599. The molecule has 0 aliphatic heterocycles. The van der Waals surface area contributed by atoms with Crippen LogP contribution in [0.2, 0.25) is 0 Å². The summed E-state index contributed by atoms with van der Waals surface area (Å²) in [6.45, 7) is 6.39. The Kier molecular flexibility index (Phi) is 5.94. The normalized spacial score (nSPS) is 12.3. The molecule has 7 heteroatoms. The highest BCUT2D eigenvalue weighted by atomic mass is 32.2. The zero-order chi connectivity index (χ0) is 21.9. The molecule has 30 heavy (non-hydrogen) atoms. The van der Waals surface area contributed by atoms with Gasteiger partial charge >= 0.3 is 0 Å². The van der Waals surface area contributed by atoms with E-state index in [4.69, 9.17) is 0 Å². The summed E-state index contributed by atoms with van der Waals surface area (Å²) < 4.78 is 25.1. The van der Waals surface area contributed by atoms with Crippen molar-refractivity contribution in [3.8, 4) is 11.1 Å². The molecule has 0 saturated heterocycles. The molecule has 0 radical (unpaired) electrons. The number of sulfonamides is 1. The minimum absolute atomic E-state index is 0.0860. The Labute approximate surface area is 176 Å². The number of rotatable bonds is 5. The van der Waals surface area contributed by atoms with Gasteiger partial charge in [0.1, 0.15) is 0 Å². The van der Waals surface area contributed by atoms with Crippen LogP contribution in [0.5, 0.6) is 0 Å². The molecule has 0 spiro atoms. The zero-order valence-electron chi connectivity index (χ0n) is 17.4. The molecule has 0 unspecified atom stereocenters. The number of hydrogen-bond acceptors (Lipinski definition) is 4. The molecule has 3 rings (SSSR count). The third kappa shape index (κ3) is 5.67. The van der Waals surface area contributed by atoms with Gasteiger partial charge in [0.15, 0.2) is 0 Å². The summed E-state index contributed by atoms with van der Waals surface area (Å²) in [4.78, 5) is 12.2. The first-order valence-corrected chi connectivity index (χ1v) is 11.4. The Hall–Kier alpha value is -3.19. The van der Waals surface area contributed by atoms with E-state index in [1.165, 1.54) is 0 Å². The molecule has 0 aliphatic rings. The van der Waals surface area contributed by atoms with Crippen LogP contribution in [0.3, 0.4) is 0 Å². The number of anilines is 1. The van der Waals surface area contributed by atoms with Gasteiger partial charge in [-0.15, -0.1) is 0 Å². The third-order valence-electron chi connectivity index (χ3n) is 4.54. The molecular weight excluding hydrogens is 398 g/mol. The van der Waals surface area contributed by atoms with Crippen LogP contribution >= 0.6 is 0 Å². The third-order valence-corrected chi connectivity index (χ3v) is 5.15. The second-order valence-electron chi connectivity index (χ2n) is 8.22. The smallest absolute Gasteiger partial charge is 0.272 e. The average molecular weight is 424 g/mol. The van der Waals surface area contributed by atoms with Crippen LogP contribution in [0.4, 0.5) is 5.69 Å². The molecule has 0 fully saturated rings. The Morgan fingerprint density at radius 1 is 0.967 bits per heavy atom. The van der Waals surface area contributed by atoms with Crippen molar-refractivity contribution < 1.29 is 8.42 Å². The average Bonchev–Trinajstić information content (AvgIpc) is 2.66. The van der Waals surface area contributed by atoms with E-state index in [1.54, 1.807) is 24.4 Å². The fourth-order valence-corrected chi connectivity index (χ4v) is 3.54. The van der Waals surface area contributed by atoms with Crippen molar-refractivity contribution in [2.24, 2.45) is 0 Å². The fourth-order valence-electron chi connectivity index (χ4n) is 2.98. The summed E-state index contributed by atoms with van der Waals surface area (Å²) in [5.41, 5.74) is 4.61. The summed E-state index contributed by atoms with van der Waals surface area (Å²) in [6, 6.07) is 14.9. The molecule has 1 heterocycles. The lowest BCUT2D eigenvalue weighted by atomic mass is 9.84. The second-order valence-corrected chi connectivity index (χ2v) is 9.97. The maximum absolute atomic E-state index is 12.2. The van der Waals surface area contributed by atoms with Crippen molar-refractivity contribution in [3.05, 3.63) is 81.8 Å². The standard InChI is InChI=1S/C23H25N3O3S/c1-23(2,3)19-14-17(13-18(15-19)21-11-12-24-25-22(21)27)6-5-16-7-9-20(10-8-16)26-30(4,28)29/h5-15,26H,1-4H3,(H,25,27)/b6-5+. The van der Waals surface area contributed by atoms with Crippen LogP contribution in [0.25, 0.3) is 23.3 Å². The molecule has 0 atom stereocenters. The molecule has 0 amide bonds. The number of aromatic amines is 1. The number of benzene rings is 2. The summed E-state index contributed by atoms with van der Waals surface area (Å²) in [7, 11) is -3.30. The van der Waals surface area contributed by atoms with Crippen molar-refractivity contribution in [1.29, 1.82) is 0 Å². The van der Waals surface area contributed by atoms with E-state index in [0.717, 1.165) is 28.5 Å². The predicted octanol–water partition coefficient (Wildman–Crippen LogP) is 4.28. The van der Waals surface area contributed by atoms with Crippen LogP contribution < -0.4 is 10.3 Å². The lowest BCUT2D eigenvalue weighted by molar-refractivity contribution is 0.590. The highest BCUT2D eigenvalue weighted by molar-refractivity contribution is 7.92. The van der Waals surface area contributed by atoms with Gasteiger partial charge in [0, 0.05) is 11.9 Å². The zero-order valence-corrected chi connectivity index (χ0v) is 18.2. The Morgan fingerprint density at radius 3 is 2.23 bits per heavy atom. The van der Waals surface area contributed by atoms with Crippen molar-refractivity contribution >= 4 is 27.9 Å². The van der Waals surface area contributed by atoms with E-state index in [9.17, 15) is 13.2 Å². The fraction of sp³-hybridized carbons (Fsp3) is 0.217. The number of nitrogens with zero attached hydrogens (tertiary/aromatic N) is 1. The molecule has 3 aromatic rings. The molecule has 6 nitrogen and oxygen atoms in total. The Balaban J connectivity index is 1.96. The SMILES string of the molecule is CC(C)(C)c1cc(/C=C/c2ccc(NS(C)(=O)=O)cc2)cc(-c2ccn[nH]c2=O)c1. The van der Waals surface area contributed by atoms with Crippen LogP contribution in [0.1, 0.15) is 37.5 Å². The maximum atomic E-state index is 12.2. The number of H-pyrrole nitrogens is 1. The molecule has 156 valence electrons. The van der Waals surface area contributed by atoms with E-state index in [-0.39, 0.29) is 11.0 Å². The van der Waals surface area contributed by atoms with E-state index in [0.29, 0.717) is 11.3 Å². The van der Waals surface area contributed by atoms with Gasteiger partial charge in [0.25, 0.3) is 5.56 Å². The van der Waals surface area contributed by atoms with Gasteiger partial charge in [-0.25, -0.2) is 13.5 Å². The maximum Gasteiger partial charge on any atom is 0.272 e. The van der Waals surface area contributed by atoms with Crippen molar-refractivity contribution in [2.75, 3.05) is 11.0 Å². The van der Waals surface area contributed by atoms with E-state index >= 15 is 0 Å². The van der Waals surface area contributed by atoms with Gasteiger partial charge in [-0.05, 0) is 51.9 Å². The van der Waals surface area contributed by atoms with Crippen LogP contribution in [-0.4, -0.2) is 24.9 Å². The lowest BCUT2D eigenvalue weighted by Crippen LogP contribution is -2.13. The molecular formula is C23H25N3O3S. The van der Waals surface area contributed by atoms with Gasteiger partial charge in [-0.2, -0.15) is 5.10 Å². The van der Waals surface area contributed by atoms with Crippen molar-refractivity contribution in [2.45, 2.75) is 26.2 Å². The van der Waals surface area contributed by atoms with Crippen molar-refractivity contribution in [3.63, 3.8) is 0 Å². The minimum Gasteiger partial charge on any atom is -0.284 e. The van der Waals surface area contributed by atoms with Gasteiger partial charge in [0.2, 0.25) is 10.0 Å². The summed E-state index contributed by atoms with van der Waals surface area (Å²) in [6.07, 6.45) is 6.62. The first-order valence-electron chi connectivity index (χ1n) is 9.47. The minimum atomic E-state index is -3.30. The molecule has 0 aliphatic carbocycles. The number of nitrogens with one attached hydrogen (secondary N) is 2. The van der Waals surface area contributed by atoms with Gasteiger partial charge in [-0.1, -0.05) is 57.2 Å². The molecule has 0 bridgehead atoms. The van der Waals surface area contributed by atoms with Crippen LogP contribution in [0.15, 0.2) is 59.5 Å². The monoisotopic (exact) mass is 423 g/mol. The number of hydrogen-bond donors (Lipinski definition) is 2. The van der Waals surface area contributed by atoms with Gasteiger partial charge in [-0.3, -0.25) is 9.52 Å². The highest BCUT2D eigenvalue weighted by Crippen LogP contribution is 2.29. The first kappa shape index (κ1) is 21.5. The van der Waals surface area contributed by atoms with Crippen LogP contribution in [0, 0.1) is 0 Å². The number of aromatic nitrogens is 2. The molecule has 1 aromatic heterocycles. The lowest BCUT2D eigenvalue weighted by Gasteiger charge is -2.21. The van der Waals surface area contributed by atoms with Gasteiger partial charge in [0.05, 0.1) is 11.8 Å². The topological polar surface area (TPSA) is 91.9 Å². The Bertz CT molecular complexity index is 1240. The second kappa shape index (κ2) is 8.28. The molecule has 0 saturated carbocycles. The van der Waals surface area contributed by atoms with E-state index in [1.807, 2.05) is 36.4 Å². The van der Waals surface area contributed by atoms with Crippen LogP contribution in [-0.2, 0) is 15.4 Å². The van der Waals surface area contributed by atoms with Gasteiger partial charge < -0.3 is 0 Å². The first-order chi connectivity index (χ1) is 14.0. The largest absolute Gasteiger partial charge is 0.284 e. The predicted molar refractivity (Wildman–Crippen MR) is 123 cm³/mol. The summed E-state index contributed by atoms with van der Waals surface area (Å²) in [5, 5.41) is 6.26. The highest BCUT2D eigenvalue weighted by Gasteiger charge is 2.16. The molecule has 2 N–H and O–H groups in total. The summed E-state index contributed by atoms with van der Waals surface area (Å²) in [5.74, 6) is 0. The molecule has 2 aromatic carbocycles. The van der Waals surface area contributed by atoms with E-state index < -0.39 is 10.0 Å².